The molecule has 1 aliphatic heterocycles. The predicted molar refractivity (Wildman–Crippen MR) is 128 cm³/mol. The number of carbonyl (C=O) groups is 3. The standard InChI is InChI=1S/C23H21ClN2O6S/c1-4-13-5-7-15(8-6-13)26-22(29)16(21(28)25-23(26)33)9-14-10-17(24)20(18(11-14)30-2)32-12-19(27)31-3/h5-11H,4,12H2,1-3H3,(H,25,28,33)/b16-9+. The van der Waals surface area contributed by atoms with E-state index in [9.17, 15) is 14.4 Å². The third-order valence-corrected chi connectivity index (χ3v) is 5.39. The van der Waals surface area contributed by atoms with Crippen LogP contribution in [0.5, 0.6) is 11.5 Å². The van der Waals surface area contributed by atoms with E-state index >= 15 is 0 Å². The van der Waals surface area contributed by atoms with Gasteiger partial charge in [0.15, 0.2) is 23.2 Å². The number of nitrogens with zero attached hydrogens (tertiary/aromatic N) is 1. The van der Waals surface area contributed by atoms with Crippen molar-refractivity contribution in [3.63, 3.8) is 0 Å². The first kappa shape index (κ1) is 24.2. The van der Waals surface area contributed by atoms with Crippen molar-refractivity contribution < 1.29 is 28.6 Å². The van der Waals surface area contributed by atoms with Crippen LogP contribution in [0.25, 0.3) is 6.08 Å². The molecule has 0 bridgehead atoms. The second kappa shape index (κ2) is 10.5. The second-order valence-electron chi connectivity index (χ2n) is 6.88. The lowest BCUT2D eigenvalue weighted by Gasteiger charge is -2.29. The van der Waals surface area contributed by atoms with Crippen LogP contribution in [-0.4, -0.2) is 43.7 Å². The fraction of sp³-hybridized carbons (Fsp3) is 0.217. The minimum atomic E-state index is -0.632. The molecule has 0 spiro atoms. The molecule has 2 aromatic rings. The molecular formula is C23H21ClN2O6S. The molecule has 1 aliphatic rings. The van der Waals surface area contributed by atoms with E-state index in [0.717, 1.165) is 12.0 Å². The van der Waals surface area contributed by atoms with Gasteiger partial charge in [-0.25, -0.2) is 4.79 Å². The van der Waals surface area contributed by atoms with E-state index in [2.05, 4.69) is 10.1 Å². The van der Waals surface area contributed by atoms with E-state index in [1.165, 1.54) is 37.3 Å². The van der Waals surface area contributed by atoms with Crippen molar-refractivity contribution >= 4 is 58.5 Å². The average Bonchev–Trinajstić information content (AvgIpc) is 2.80. The molecule has 2 amide bonds. The molecule has 1 heterocycles. The Balaban J connectivity index is 1.95. The van der Waals surface area contributed by atoms with E-state index in [4.69, 9.17) is 33.3 Å². The number of anilines is 1. The van der Waals surface area contributed by atoms with E-state index < -0.39 is 17.8 Å². The normalized spacial score (nSPS) is 14.8. The Morgan fingerprint density at radius 2 is 1.88 bits per heavy atom. The van der Waals surface area contributed by atoms with E-state index in [1.54, 1.807) is 12.1 Å². The molecule has 2 aromatic carbocycles. The molecule has 0 atom stereocenters. The molecule has 1 N–H and O–H groups in total. The maximum absolute atomic E-state index is 13.2. The summed E-state index contributed by atoms with van der Waals surface area (Å²) in [6, 6.07) is 10.3. The fourth-order valence-electron chi connectivity index (χ4n) is 3.09. The van der Waals surface area contributed by atoms with Gasteiger partial charge in [-0.05, 0) is 60.1 Å². The van der Waals surface area contributed by atoms with Crippen LogP contribution in [0.15, 0.2) is 42.0 Å². The van der Waals surface area contributed by atoms with Crippen LogP contribution in [0.3, 0.4) is 0 Å². The molecule has 0 radical (unpaired) electrons. The summed E-state index contributed by atoms with van der Waals surface area (Å²) in [5.41, 5.74) is 1.92. The Morgan fingerprint density at radius 1 is 1.18 bits per heavy atom. The Morgan fingerprint density at radius 3 is 2.48 bits per heavy atom. The van der Waals surface area contributed by atoms with Crippen LogP contribution >= 0.6 is 23.8 Å². The van der Waals surface area contributed by atoms with E-state index in [0.29, 0.717) is 11.3 Å². The van der Waals surface area contributed by atoms with Gasteiger partial charge >= 0.3 is 5.97 Å². The smallest absolute Gasteiger partial charge is 0.343 e. The van der Waals surface area contributed by atoms with Crippen molar-refractivity contribution in [2.75, 3.05) is 25.7 Å². The van der Waals surface area contributed by atoms with Crippen LogP contribution in [0, 0.1) is 0 Å². The van der Waals surface area contributed by atoms with Crippen molar-refractivity contribution in [2.24, 2.45) is 0 Å². The summed E-state index contributed by atoms with van der Waals surface area (Å²) < 4.78 is 15.2. The molecule has 33 heavy (non-hydrogen) atoms. The number of carbonyl (C=O) groups excluding carboxylic acids is 3. The van der Waals surface area contributed by atoms with Crippen molar-refractivity contribution in [2.45, 2.75) is 13.3 Å². The number of rotatable bonds is 7. The summed E-state index contributed by atoms with van der Waals surface area (Å²) in [6.45, 7) is 1.66. The molecule has 3 rings (SSSR count). The Labute approximate surface area is 201 Å². The third-order valence-electron chi connectivity index (χ3n) is 4.83. The summed E-state index contributed by atoms with van der Waals surface area (Å²) in [4.78, 5) is 38.4. The highest BCUT2D eigenvalue weighted by molar-refractivity contribution is 7.80. The molecule has 0 aromatic heterocycles. The van der Waals surface area contributed by atoms with Gasteiger partial charge in [0, 0.05) is 0 Å². The third kappa shape index (κ3) is 5.32. The van der Waals surface area contributed by atoms with Gasteiger partial charge in [-0.15, -0.1) is 0 Å². The largest absolute Gasteiger partial charge is 0.493 e. The molecule has 0 aliphatic carbocycles. The topological polar surface area (TPSA) is 94.2 Å². The first-order valence-corrected chi connectivity index (χ1v) is 10.6. The maximum Gasteiger partial charge on any atom is 0.343 e. The second-order valence-corrected chi connectivity index (χ2v) is 7.67. The predicted octanol–water partition coefficient (Wildman–Crippen LogP) is 3.29. The van der Waals surface area contributed by atoms with Gasteiger partial charge in [-0.1, -0.05) is 30.7 Å². The van der Waals surface area contributed by atoms with Crippen LogP contribution in [0.1, 0.15) is 18.1 Å². The highest BCUT2D eigenvalue weighted by atomic mass is 35.5. The van der Waals surface area contributed by atoms with Crippen LogP contribution < -0.4 is 19.7 Å². The number of ether oxygens (including phenoxy) is 3. The monoisotopic (exact) mass is 488 g/mol. The summed E-state index contributed by atoms with van der Waals surface area (Å²) in [5, 5.41) is 2.66. The van der Waals surface area contributed by atoms with Crippen LogP contribution in [0.2, 0.25) is 5.02 Å². The number of aryl methyl sites for hydroxylation is 1. The van der Waals surface area contributed by atoms with Crippen molar-refractivity contribution in [1.82, 2.24) is 5.32 Å². The molecule has 0 saturated carbocycles. The SMILES string of the molecule is CCc1ccc(N2C(=O)/C(=C/c3cc(Cl)c(OCC(=O)OC)c(OC)c3)C(=O)NC2=S)cc1. The Bertz CT molecular complexity index is 1150. The molecule has 0 unspecified atom stereocenters. The number of hydrogen-bond acceptors (Lipinski definition) is 7. The zero-order valence-corrected chi connectivity index (χ0v) is 19.7. The minimum absolute atomic E-state index is 0.00595. The number of nitrogens with one attached hydrogen (secondary N) is 1. The van der Waals surface area contributed by atoms with Crippen LogP contribution in [0.4, 0.5) is 5.69 Å². The van der Waals surface area contributed by atoms with E-state index in [1.807, 2.05) is 19.1 Å². The average molecular weight is 489 g/mol. The fourth-order valence-corrected chi connectivity index (χ4v) is 3.65. The van der Waals surface area contributed by atoms with Crippen molar-refractivity contribution in [1.29, 1.82) is 0 Å². The van der Waals surface area contributed by atoms with Crippen molar-refractivity contribution in [3.05, 3.63) is 58.1 Å². The minimum Gasteiger partial charge on any atom is -0.493 e. The number of benzene rings is 2. The van der Waals surface area contributed by atoms with Gasteiger partial charge in [0.1, 0.15) is 5.57 Å². The molecule has 10 heteroatoms. The number of amides is 2. The lowest BCUT2D eigenvalue weighted by Crippen LogP contribution is -2.54. The number of methoxy groups -OCH3 is 2. The molecule has 8 nitrogen and oxygen atoms in total. The Hall–Kier alpha value is -3.43. The van der Waals surface area contributed by atoms with Gasteiger partial charge in [0.25, 0.3) is 11.8 Å². The summed E-state index contributed by atoms with van der Waals surface area (Å²) in [5.74, 6) is -1.46. The zero-order chi connectivity index (χ0) is 24.1. The number of thiocarbonyl (C=S) groups is 1. The van der Waals surface area contributed by atoms with Gasteiger partial charge in [0.05, 0.1) is 24.9 Å². The number of hydrogen-bond donors (Lipinski definition) is 1. The highest BCUT2D eigenvalue weighted by Crippen LogP contribution is 2.37. The summed E-state index contributed by atoms with van der Waals surface area (Å²) in [6.07, 6.45) is 2.23. The van der Waals surface area contributed by atoms with Gasteiger partial charge in [-0.3, -0.25) is 19.8 Å². The summed E-state index contributed by atoms with van der Waals surface area (Å²) >= 11 is 11.5. The molecule has 1 fully saturated rings. The lowest BCUT2D eigenvalue weighted by molar-refractivity contribution is -0.143. The molecule has 172 valence electrons. The quantitative estimate of drug-likeness (QED) is 0.276. The first-order valence-electron chi connectivity index (χ1n) is 9.86. The maximum atomic E-state index is 13.2. The number of esters is 1. The summed E-state index contributed by atoms with van der Waals surface area (Å²) in [7, 11) is 2.63. The van der Waals surface area contributed by atoms with Gasteiger partial charge in [0.2, 0.25) is 0 Å². The van der Waals surface area contributed by atoms with Gasteiger partial charge < -0.3 is 14.2 Å². The van der Waals surface area contributed by atoms with Crippen LogP contribution in [-0.2, 0) is 25.5 Å². The van der Waals surface area contributed by atoms with Gasteiger partial charge in [-0.2, -0.15) is 0 Å². The zero-order valence-electron chi connectivity index (χ0n) is 18.1. The van der Waals surface area contributed by atoms with Crippen molar-refractivity contribution in [3.8, 4) is 11.5 Å². The number of halogens is 1. The highest BCUT2D eigenvalue weighted by Gasteiger charge is 2.34. The first-order chi connectivity index (χ1) is 15.8. The molecule has 1 saturated heterocycles. The van der Waals surface area contributed by atoms with E-state index in [-0.39, 0.29) is 33.8 Å². The Kier molecular flexibility index (Phi) is 7.67. The lowest BCUT2D eigenvalue weighted by atomic mass is 10.1. The molecular weight excluding hydrogens is 468 g/mol.